The van der Waals surface area contributed by atoms with E-state index in [9.17, 15) is 4.79 Å². The van der Waals surface area contributed by atoms with E-state index in [2.05, 4.69) is 5.32 Å². The number of ether oxygens (including phenoxy) is 1. The number of rotatable bonds is 6. The summed E-state index contributed by atoms with van der Waals surface area (Å²) in [4.78, 5) is 11.8. The molecule has 0 aliphatic carbocycles. The van der Waals surface area contributed by atoms with Crippen LogP contribution in [0.1, 0.15) is 20.3 Å². The highest BCUT2D eigenvalue weighted by Gasteiger charge is 2.16. The lowest BCUT2D eigenvalue weighted by molar-refractivity contribution is -0.127. The fourth-order valence-electron chi connectivity index (χ4n) is 1.42. The molecule has 0 fully saturated rings. The predicted molar refractivity (Wildman–Crippen MR) is 70.8 cm³/mol. The smallest absolute Gasteiger partial charge is 0.260 e. The number of carbonyl (C=O) groups excluding carboxylic acids is 1. The van der Waals surface area contributed by atoms with E-state index in [1.807, 2.05) is 6.92 Å². The highest BCUT2D eigenvalue weighted by Crippen LogP contribution is 2.18. The molecule has 2 unspecified atom stereocenters. The van der Waals surface area contributed by atoms with Crippen molar-refractivity contribution in [2.75, 3.05) is 6.61 Å². The molecule has 0 saturated carbocycles. The first-order valence-corrected chi connectivity index (χ1v) is 6.24. The number of hydrogen-bond donors (Lipinski definition) is 2. The summed E-state index contributed by atoms with van der Waals surface area (Å²) in [5, 5.41) is 12.1. The van der Waals surface area contributed by atoms with Gasteiger partial charge in [-0.05, 0) is 38.5 Å². The van der Waals surface area contributed by atoms with Gasteiger partial charge in [0.1, 0.15) is 5.75 Å². The van der Waals surface area contributed by atoms with Gasteiger partial charge in [-0.2, -0.15) is 0 Å². The SMILES string of the molecule is CC(CCO)NC(=O)C(C)Oc1cccc(Cl)c1. The molecule has 2 N–H and O–H groups in total. The Morgan fingerprint density at radius 2 is 2.22 bits per heavy atom. The Morgan fingerprint density at radius 3 is 2.83 bits per heavy atom. The molecule has 18 heavy (non-hydrogen) atoms. The lowest BCUT2D eigenvalue weighted by Gasteiger charge is -2.18. The standard InChI is InChI=1S/C13H18ClNO3/c1-9(6-7-16)15-13(17)10(2)18-12-5-3-4-11(14)8-12/h3-5,8-10,16H,6-7H2,1-2H3,(H,15,17). The minimum atomic E-state index is -0.607. The molecule has 1 amide bonds. The van der Waals surface area contributed by atoms with Crippen LogP contribution in [0, 0.1) is 0 Å². The number of aliphatic hydroxyl groups is 1. The van der Waals surface area contributed by atoms with E-state index in [0.717, 1.165) is 0 Å². The number of halogens is 1. The van der Waals surface area contributed by atoms with Gasteiger partial charge in [0.25, 0.3) is 5.91 Å². The van der Waals surface area contributed by atoms with Crippen molar-refractivity contribution in [2.45, 2.75) is 32.4 Å². The third kappa shape index (κ3) is 4.94. The predicted octanol–water partition coefficient (Wildman–Crippen LogP) is 1.99. The largest absolute Gasteiger partial charge is 0.481 e. The van der Waals surface area contributed by atoms with Gasteiger partial charge in [-0.25, -0.2) is 0 Å². The van der Waals surface area contributed by atoms with Crippen LogP contribution < -0.4 is 10.1 Å². The van der Waals surface area contributed by atoms with Crippen molar-refractivity contribution in [2.24, 2.45) is 0 Å². The van der Waals surface area contributed by atoms with Crippen LogP contribution in [-0.2, 0) is 4.79 Å². The van der Waals surface area contributed by atoms with Crippen molar-refractivity contribution in [3.05, 3.63) is 29.3 Å². The Hall–Kier alpha value is -1.26. The van der Waals surface area contributed by atoms with Crippen LogP contribution in [0.5, 0.6) is 5.75 Å². The van der Waals surface area contributed by atoms with E-state index in [-0.39, 0.29) is 18.6 Å². The van der Waals surface area contributed by atoms with Crippen LogP contribution in [-0.4, -0.2) is 29.8 Å². The summed E-state index contributed by atoms with van der Waals surface area (Å²) in [7, 11) is 0. The van der Waals surface area contributed by atoms with Gasteiger partial charge in [0.15, 0.2) is 6.10 Å². The van der Waals surface area contributed by atoms with Crippen molar-refractivity contribution in [1.29, 1.82) is 0 Å². The van der Waals surface area contributed by atoms with Crippen LogP contribution in [0.2, 0.25) is 5.02 Å². The van der Waals surface area contributed by atoms with Gasteiger partial charge in [-0.1, -0.05) is 17.7 Å². The first-order valence-electron chi connectivity index (χ1n) is 5.86. The molecule has 2 atom stereocenters. The second-order valence-corrected chi connectivity index (χ2v) is 4.58. The lowest BCUT2D eigenvalue weighted by atomic mass is 10.2. The molecule has 1 aromatic carbocycles. The Bertz CT molecular complexity index is 398. The maximum Gasteiger partial charge on any atom is 0.260 e. The molecule has 0 aliphatic rings. The van der Waals surface area contributed by atoms with E-state index in [0.29, 0.717) is 17.2 Å². The molecule has 0 radical (unpaired) electrons. The monoisotopic (exact) mass is 271 g/mol. The number of amides is 1. The molecule has 1 aromatic rings. The summed E-state index contributed by atoms with van der Waals surface area (Å²) in [6.07, 6.45) is -0.0834. The highest BCUT2D eigenvalue weighted by molar-refractivity contribution is 6.30. The molecular formula is C13H18ClNO3. The Balaban J connectivity index is 2.49. The van der Waals surface area contributed by atoms with Crippen molar-refractivity contribution >= 4 is 17.5 Å². The number of aliphatic hydroxyl groups excluding tert-OH is 1. The average molecular weight is 272 g/mol. The molecule has 100 valence electrons. The molecule has 5 heteroatoms. The fraction of sp³-hybridized carbons (Fsp3) is 0.462. The fourth-order valence-corrected chi connectivity index (χ4v) is 1.60. The highest BCUT2D eigenvalue weighted by atomic mass is 35.5. The number of benzene rings is 1. The molecular weight excluding hydrogens is 254 g/mol. The van der Waals surface area contributed by atoms with Gasteiger partial charge < -0.3 is 15.2 Å². The summed E-state index contributed by atoms with van der Waals surface area (Å²) in [5.74, 6) is 0.343. The van der Waals surface area contributed by atoms with Crippen LogP contribution in [0.4, 0.5) is 0 Å². The van der Waals surface area contributed by atoms with E-state index >= 15 is 0 Å². The van der Waals surface area contributed by atoms with Crippen LogP contribution in [0.25, 0.3) is 0 Å². The Kier molecular flexibility index (Phi) is 5.95. The minimum absolute atomic E-state index is 0.0466. The van der Waals surface area contributed by atoms with Crippen molar-refractivity contribution in [3.8, 4) is 5.75 Å². The molecule has 0 aliphatic heterocycles. The zero-order valence-corrected chi connectivity index (χ0v) is 11.3. The second kappa shape index (κ2) is 7.24. The first-order chi connectivity index (χ1) is 8.52. The van der Waals surface area contributed by atoms with Crippen molar-refractivity contribution in [3.63, 3.8) is 0 Å². The Labute approximate surface area is 112 Å². The summed E-state index contributed by atoms with van der Waals surface area (Å²) in [5.41, 5.74) is 0. The van der Waals surface area contributed by atoms with Gasteiger partial charge in [0, 0.05) is 17.7 Å². The maximum atomic E-state index is 11.8. The van der Waals surface area contributed by atoms with Gasteiger partial charge in [-0.15, -0.1) is 0 Å². The van der Waals surface area contributed by atoms with Gasteiger partial charge in [0.05, 0.1) is 0 Å². The minimum Gasteiger partial charge on any atom is -0.481 e. The zero-order chi connectivity index (χ0) is 13.5. The number of carbonyl (C=O) groups is 1. The molecule has 4 nitrogen and oxygen atoms in total. The summed E-state index contributed by atoms with van der Waals surface area (Å²) >= 11 is 5.83. The van der Waals surface area contributed by atoms with E-state index in [4.69, 9.17) is 21.4 Å². The summed E-state index contributed by atoms with van der Waals surface area (Å²) in [6, 6.07) is 6.82. The van der Waals surface area contributed by atoms with E-state index in [1.165, 1.54) is 0 Å². The van der Waals surface area contributed by atoms with Crippen LogP contribution >= 0.6 is 11.6 Å². The lowest BCUT2D eigenvalue weighted by Crippen LogP contribution is -2.41. The summed E-state index contributed by atoms with van der Waals surface area (Å²) in [6.45, 7) is 3.55. The van der Waals surface area contributed by atoms with Gasteiger partial charge >= 0.3 is 0 Å². The van der Waals surface area contributed by atoms with Gasteiger partial charge in [0.2, 0.25) is 0 Å². The number of hydrogen-bond acceptors (Lipinski definition) is 3. The van der Waals surface area contributed by atoms with E-state index < -0.39 is 6.10 Å². The first kappa shape index (κ1) is 14.8. The average Bonchev–Trinajstić information content (AvgIpc) is 2.29. The normalized spacial score (nSPS) is 13.8. The van der Waals surface area contributed by atoms with Crippen molar-refractivity contribution < 1.29 is 14.6 Å². The third-order valence-electron chi connectivity index (χ3n) is 2.43. The topological polar surface area (TPSA) is 58.6 Å². The molecule has 0 saturated heterocycles. The third-order valence-corrected chi connectivity index (χ3v) is 2.66. The van der Waals surface area contributed by atoms with Crippen LogP contribution in [0.15, 0.2) is 24.3 Å². The number of nitrogens with one attached hydrogen (secondary N) is 1. The molecule has 0 spiro atoms. The molecule has 0 bridgehead atoms. The van der Waals surface area contributed by atoms with E-state index in [1.54, 1.807) is 31.2 Å². The molecule has 0 aromatic heterocycles. The molecule has 1 rings (SSSR count). The Morgan fingerprint density at radius 1 is 1.50 bits per heavy atom. The zero-order valence-electron chi connectivity index (χ0n) is 10.5. The van der Waals surface area contributed by atoms with Crippen LogP contribution in [0.3, 0.4) is 0 Å². The quantitative estimate of drug-likeness (QED) is 0.832. The maximum absolute atomic E-state index is 11.8. The second-order valence-electron chi connectivity index (χ2n) is 4.14. The van der Waals surface area contributed by atoms with Gasteiger partial charge in [-0.3, -0.25) is 4.79 Å². The molecule has 0 heterocycles. The van der Waals surface area contributed by atoms with Crippen molar-refractivity contribution in [1.82, 2.24) is 5.32 Å². The summed E-state index contributed by atoms with van der Waals surface area (Å²) < 4.78 is 5.48.